The highest BCUT2D eigenvalue weighted by Crippen LogP contribution is 2.51. The molecule has 27 aromatic rings. The zero-order valence-electron chi connectivity index (χ0n) is 79.1. The molecule has 690 valence electrons. The van der Waals surface area contributed by atoms with Crippen LogP contribution in [0.2, 0.25) is 0 Å². The summed E-state index contributed by atoms with van der Waals surface area (Å²) in [6.45, 7) is 0. The van der Waals surface area contributed by atoms with Gasteiger partial charge in [-0.15, -0.1) is 0 Å². The lowest BCUT2D eigenvalue weighted by molar-refractivity contribution is 0.670. The number of pyridine rings is 3. The molecule has 147 heavy (non-hydrogen) atoms. The third kappa shape index (κ3) is 17.6. The van der Waals surface area contributed by atoms with Crippen LogP contribution in [0.5, 0.6) is 0 Å². The number of fused-ring (bicyclic) bond motifs is 9. The number of nitrogens with zero attached hydrogens (tertiary/aromatic N) is 12. The molecule has 0 aliphatic rings. The largest absolute Gasteiger partial charge is 0.455 e. The van der Waals surface area contributed by atoms with E-state index < -0.39 is 0 Å². The minimum atomic E-state index is 0.569. The summed E-state index contributed by atoms with van der Waals surface area (Å²) in [5.41, 5.74) is 31.3. The van der Waals surface area contributed by atoms with Gasteiger partial charge in [0.1, 0.15) is 33.5 Å². The summed E-state index contributed by atoms with van der Waals surface area (Å²) < 4.78 is 21.0. The summed E-state index contributed by atoms with van der Waals surface area (Å²) in [4.78, 5) is 59.0. The van der Waals surface area contributed by atoms with Crippen LogP contribution in [0.15, 0.2) is 523 Å². The first-order valence-electron chi connectivity index (χ1n) is 48.7. The summed E-state index contributed by atoms with van der Waals surface area (Å²) in [6.07, 6.45) is 9.09. The Morgan fingerprint density at radius 3 is 0.653 bits per heavy atom. The van der Waals surface area contributed by atoms with Gasteiger partial charge >= 0.3 is 0 Å². The Bertz CT molecular complexity index is 8410. The van der Waals surface area contributed by atoms with Crippen molar-refractivity contribution in [1.82, 2.24) is 59.8 Å². The number of benzene rings is 18. The summed E-state index contributed by atoms with van der Waals surface area (Å²) in [6, 6.07) is 163. The van der Waals surface area contributed by atoms with Crippen LogP contribution < -0.4 is 0 Å². The third-order valence-corrected chi connectivity index (χ3v) is 26.5. The molecule has 0 saturated heterocycles. The normalized spacial score (nSPS) is 11.3. The van der Waals surface area contributed by atoms with Crippen LogP contribution in [0.4, 0.5) is 0 Å². The van der Waals surface area contributed by atoms with E-state index in [9.17, 15) is 0 Å². The second kappa shape index (κ2) is 39.5. The first-order chi connectivity index (χ1) is 72.9. The Morgan fingerprint density at radius 1 is 0.136 bits per heavy atom. The summed E-state index contributed by atoms with van der Waals surface area (Å²) in [5.74, 6) is 5.37. The molecule has 0 atom stereocenters. The molecule has 0 N–H and O–H groups in total. The van der Waals surface area contributed by atoms with Gasteiger partial charge in [-0.05, 0) is 159 Å². The second-order valence-electron chi connectivity index (χ2n) is 35.6. The molecule has 0 fully saturated rings. The molecule has 0 amide bonds. The summed E-state index contributed by atoms with van der Waals surface area (Å²) in [7, 11) is 0. The van der Waals surface area contributed by atoms with Crippen molar-refractivity contribution >= 4 is 65.8 Å². The van der Waals surface area contributed by atoms with Crippen LogP contribution in [0.25, 0.3) is 269 Å². The topological polar surface area (TPSA) is 194 Å². The van der Waals surface area contributed by atoms with Crippen LogP contribution in [0.3, 0.4) is 0 Å². The SMILES string of the molecule is c1ccc(-c2cc(-c3ccccc3)c3oc4c(-c5ccccn5)ccc(-c5nc(-c6ccccc6)nc(-c6ccccc6)n5)c4c3c2)cc1.c1ccc(-c2cc(-c3ccccc3)c3oc4c(-c5cccnc5)ccc(-c5nc(-c6ccccc6)nc(-c6ccccc6)n5)c4c3c2)cc1.c1ccc(-c2cc(-c3ccccc3)c3oc4c(-c5ccncc5)ccc(-c5nc(-c6ccccc6)nc(-c6ccccc6)n5)c4c3c2)cc1. The summed E-state index contributed by atoms with van der Waals surface area (Å²) >= 11 is 0. The molecule has 0 unspecified atom stereocenters. The number of rotatable bonds is 18. The highest BCUT2D eigenvalue weighted by atomic mass is 16.3. The molecule has 9 heterocycles. The maximum atomic E-state index is 7.01. The number of hydrogen-bond acceptors (Lipinski definition) is 15. The van der Waals surface area contributed by atoms with E-state index in [1.807, 2.05) is 280 Å². The molecule has 0 aliphatic carbocycles. The van der Waals surface area contributed by atoms with Gasteiger partial charge in [-0.2, -0.15) is 0 Å². The van der Waals surface area contributed by atoms with Crippen LogP contribution in [-0.2, 0) is 0 Å². The highest BCUT2D eigenvalue weighted by Gasteiger charge is 2.30. The van der Waals surface area contributed by atoms with Gasteiger partial charge in [0.05, 0.1) is 5.69 Å². The van der Waals surface area contributed by atoms with Crippen molar-refractivity contribution in [2.24, 2.45) is 0 Å². The van der Waals surface area contributed by atoms with Gasteiger partial charge in [0, 0.05) is 152 Å². The minimum Gasteiger partial charge on any atom is -0.455 e. The Morgan fingerprint density at radius 2 is 0.374 bits per heavy atom. The predicted molar refractivity (Wildman–Crippen MR) is 593 cm³/mol. The monoisotopic (exact) mass is 1880 g/mol. The van der Waals surface area contributed by atoms with E-state index in [0.717, 1.165) is 216 Å². The minimum absolute atomic E-state index is 0.569. The van der Waals surface area contributed by atoms with Crippen LogP contribution >= 0.6 is 0 Å². The Labute approximate surface area is 846 Å². The Balaban J connectivity index is 0.000000115. The molecule has 0 aliphatic heterocycles. The van der Waals surface area contributed by atoms with Crippen molar-refractivity contribution < 1.29 is 13.3 Å². The molecular weight excluding hydrogens is 1800 g/mol. The average Bonchev–Trinajstić information content (AvgIpc) is 1.59. The van der Waals surface area contributed by atoms with Crippen molar-refractivity contribution in [1.29, 1.82) is 0 Å². The van der Waals surface area contributed by atoms with E-state index in [1.54, 1.807) is 6.20 Å². The van der Waals surface area contributed by atoms with Crippen LogP contribution in [0.1, 0.15) is 0 Å². The maximum absolute atomic E-state index is 7.01. The fourth-order valence-corrected chi connectivity index (χ4v) is 19.4. The Hall–Kier alpha value is -20.2. The first-order valence-corrected chi connectivity index (χ1v) is 48.7. The Kier molecular flexibility index (Phi) is 23.7. The quantitative estimate of drug-likeness (QED) is 0.0786. The molecule has 15 heteroatoms. The van der Waals surface area contributed by atoms with Gasteiger partial charge in [-0.1, -0.05) is 376 Å². The summed E-state index contributed by atoms with van der Waals surface area (Å²) in [5, 5.41) is 5.77. The van der Waals surface area contributed by atoms with Gasteiger partial charge in [0.2, 0.25) is 0 Å². The average molecular weight is 1890 g/mol. The lowest BCUT2D eigenvalue weighted by Crippen LogP contribution is -2.00. The van der Waals surface area contributed by atoms with Gasteiger partial charge in [-0.3, -0.25) is 15.0 Å². The zero-order valence-corrected chi connectivity index (χ0v) is 79.1. The molecule has 0 saturated carbocycles. The van der Waals surface area contributed by atoms with Crippen LogP contribution in [-0.4, -0.2) is 59.8 Å². The van der Waals surface area contributed by atoms with Crippen molar-refractivity contribution in [3.8, 4) is 203 Å². The molecule has 0 bridgehead atoms. The predicted octanol–water partition coefficient (Wildman–Crippen LogP) is 33.5. The molecule has 18 aromatic carbocycles. The first kappa shape index (κ1) is 88.3. The van der Waals surface area contributed by atoms with Crippen molar-refractivity contribution in [3.63, 3.8) is 0 Å². The molecule has 27 rings (SSSR count). The second-order valence-corrected chi connectivity index (χ2v) is 35.6. The highest BCUT2D eigenvalue weighted by molar-refractivity contribution is 6.22. The third-order valence-electron chi connectivity index (χ3n) is 26.5. The number of hydrogen-bond donors (Lipinski definition) is 0. The van der Waals surface area contributed by atoms with Gasteiger partial charge in [0.15, 0.2) is 52.4 Å². The maximum Gasteiger partial charge on any atom is 0.164 e. The van der Waals surface area contributed by atoms with E-state index in [0.29, 0.717) is 52.4 Å². The van der Waals surface area contributed by atoms with E-state index in [1.165, 1.54) is 0 Å². The fraction of sp³-hybridized carbons (Fsp3) is 0. The van der Waals surface area contributed by atoms with Gasteiger partial charge in [-0.25, -0.2) is 44.9 Å². The van der Waals surface area contributed by atoms with Crippen molar-refractivity contribution in [3.05, 3.63) is 510 Å². The molecular formula is C132H84N12O3. The molecule has 0 spiro atoms. The number of furan rings is 3. The lowest BCUT2D eigenvalue weighted by atomic mass is 9.93. The lowest BCUT2D eigenvalue weighted by Gasteiger charge is -2.11. The smallest absolute Gasteiger partial charge is 0.164 e. The number of aromatic nitrogens is 12. The van der Waals surface area contributed by atoms with Gasteiger partial charge in [0.25, 0.3) is 0 Å². The molecule has 9 aromatic heterocycles. The molecule has 15 nitrogen and oxygen atoms in total. The van der Waals surface area contributed by atoms with Crippen molar-refractivity contribution in [2.45, 2.75) is 0 Å². The van der Waals surface area contributed by atoms with E-state index in [4.69, 9.17) is 63.1 Å². The molecule has 0 radical (unpaired) electrons. The van der Waals surface area contributed by atoms with E-state index >= 15 is 0 Å². The standard InChI is InChI=1S/3C44H28N4O/c1-5-15-29(16-6-1)33-27-36(30-17-7-2-8-18-30)40-37(28-33)39-35(25-24-34(41(39)49-40)38-23-13-14-26-45-38)44-47-42(31-19-9-3-10-20-31)46-43(48-44)32-21-11-4-12-22-32;1-5-14-29(15-6-1)34-26-37(30-16-7-2-8-17-30)40-38(27-34)39-36(24-23-35(41(39)49-40)33-22-13-25-45-28-33)44-47-42(31-18-9-3-10-19-31)46-43(48-44)32-20-11-4-12-21-32;1-5-13-29(14-6-1)34-27-37(30-15-7-2-8-16-30)40-38(28-34)39-36(22-21-35(41(39)49-40)31-23-25-45-26-24-31)44-47-42(32-17-9-3-10-18-32)46-43(48-44)33-19-11-4-12-20-33/h3*1-28H. The van der Waals surface area contributed by atoms with E-state index in [-0.39, 0.29) is 0 Å². The zero-order chi connectivity index (χ0) is 97.7. The fourth-order valence-electron chi connectivity index (χ4n) is 19.4. The van der Waals surface area contributed by atoms with Crippen molar-refractivity contribution in [2.75, 3.05) is 0 Å². The van der Waals surface area contributed by atoms with E-state index in [2.05, 4.69) is 234 Å². The van der Waals surface area contributed by atoms with Crippen LogP contribution in [0, 0.1) is 0 Å². The van der Waals surface area contributed by atoms with Gasteiger partial charge < -0.3 is 13.3 Å².